The van der Waals surface area contributed by atoms with E-state index in [0.29, 0.717) is 37.1 Å². The van der Waals surface area contributed by atoms with Gasteiger partial charge in [-0.2, -0.15) is 0 Å². The fraction of sp³-hybridized carbons (Fsp3) is 0.333. The molecule has 3 heterocycles. The molecular weight excluding hydrogens is 320 g/mol. The minimum Gasteiger partial charge on any atom is -0.347 e. The van der Waals surface area contributed by atoms with Crippen LogP contribution in [-0.2, 0) is 17.8 Å². The minimum atomic E-state index is -0.270. The quantitative estimate of drug-likeness (QED) is 0.853. The molecule has 1 aromatic heterocycles. The predicted molar refractivity (Wildman–Crippen MR) is 88.8 cm³/mol. The van der Waals surface area contributed by atoms with Crippen molar-refractivity contribution in [2.24, 2.45) is 0 Å². The summed E-state index contributed by atoms with van der Waals surface area (Å²) in [6, 6.07) is 6.82. The van der Waals surface area contributed by atoms with E-state index in [1.807, 2.05) is 0 Å². The van der Waals surface area contributed by atoms with Gasteiger partial charge in [0, 0.05) is 25.9 Å². The maximum absolute atomic E-state index is 12.4. The molecule has 0 saturated heterocycles. The van der Waals surface area contributed by atoms with Crippen LogP contribution in [0.15, 0.2) is 30.6 Å². The van der Waals surface area contributed by atoms with Gasteiger partial charge in [0.2, 0.25) is 5.91 Å². The monoisotopic (exact) mass is 338 g/mol. The number of rotatable bonds is 4. The van der Waals surface area contributed by atoms with Gasteiger partial charge < -0.3 is 9.88 Å². The molecule has 0 saturated carbocycles. The number of H-pyrrole nitrogens is 1. The normalized spacial score (nSPS) is 16.2. The standard InChI is InChI=1S/C18H18N4O3/c23-16(21-9-7-14-15(10-21)20-11-19-14)6-3-8-22-17(24)12-4-1-2-5-13(12)18(22)25/h1-2,4-5,11H,3,6-10H2,(H,19,20). The van der Waals surface area contributed by atoms with Crippen LogP contribution in [0.1, 0.15) is 44.9 Å². The van der Waals surface area contributed by atoms with Crippen molar-refractivity contribution in [3.63, 3.8) is 0 Å². The van der Waals surface area contributed by atoms with Crippen molar-refractivity contribution in [3.8, 4) is 0 Å². The topological polar surface area (TPSA) is 86.4 Å². The lowest BCUT2D eigenvalue weighted by atomic mass is 10.1. The Hall–Kier alpha value is -2.96. The van der Waals surface area contributed by atoms with E-state index in [4.69, 9.17) is 0 Å². The van der Waals surface area contributed by atoms with Gasteiger partial charge in [-0.1, -0.05) is 12.1 Å². The number of imide groups is 1. The Labute approximate surface area is 144 Å². The van der Waals surface area contributed by atoms with Gasteiger partial charge in [-0.25, -0.2) is 4.98 Å². The first kappa shape index (κ1) is 15.6. The minimum absolute atomic E-state index is 0.0388. The molecule has 0 fully saturated rings. The van der Waals surface area contributed by atoms with Crippen LogP contribution in [0.25, 0.3) is 0 Å². The van der Waals surface area contributed by atoms with E-state index < -0.39 is 0 Å². The van der Waals surface area contributed by atoms with Crippen molar-refractivity contribution in [3.05, 3.63) is 53.1 Å². The summed E-state index contributed by atoms with van der Waals surface area (Å²) < 4.78 is 0. The number of amides is 3. The molecule has 2 aliphatic rings. The zero-order valence-corrected chi connectivity index (χ0v) is 13.7. The van der Waals surface area contributed by atoms with E-state index in [1.165, 1.54) is 4.90 Å². The number of hydrogen-bond acceptors (Lipinski definition) is 4. The zero-order valence-electron chi connectivity index (χ0n) is 13.7. The van der Waals surface area contributed by atoms with E-state index in [-0.39, 0.29) is 24.3 Å². The molecule has 3 amide bonds. The van der Waals surface area contributed by atoms with Gasteiger partial charge in [-0.3, -0.25) is 19.3 Å². The summed E-state index contributed by atoms with van der Waals surface area (Å²) in [7, 11) is 0. The summed E-state index contributed by atoms with van der Waals surface area (Å²) in [5.41, 5.74) is 2.90. The summed E-state index contributed by atoms with van der Waals surface area (Å²) in [4.78, 5) is 47.3. The van der Waals surface area contributed by atoms with Crippen LogP contribution in [0.5, 0.6) is 0 Å². The molecule has 0 unspecified atom stereocenters. The average molecular weight is 338 g/mol. The largest absolute Gasteiger partial charge is 0.347 e. The summed E-state index contributed by atoms with van der Waals surface area (Å²) in [6.45, 7) is 1.46. The Balaban J connectivity index is 1.32. The number of carbonyl (C=O) groups excluding carboxylic acids is 3. The van der Waals surface area contributed by atoms with Gasteiger partial charge in [-0.05, 0) is 18.6 Å². The molecule has 7 heteroatoms. The molecule has 1 N–H and O–H groups in total. The molecule has 0 aliphatic carbocycles. The number of aromatic amines is 1. The molecule has 0 radical (unpaired) electrons. The second-order valence-electron chi connectivity index (χ2n) is 6.30. The lowest BCUT2D eigenvalue weighted by Gasteiger charge is -2.26. The molecule has 25 heavy (non-hydrogen) atoms. The molecule has 2 aromatic rings. The van der Waals surface area contributed by atoms with Crippen molar-refractivity contribution in [2.45, 2.75) is 25.8 Å². The summed E-state index contributed by atoms with van der Waals surface area (Å²) in [6.07, 6.45) is 3.19. The fourth-order valence-corrected chi connectivity index (χ4v) is 3.41. The maximum Gasteiger partial charge on any atom is 0.261 e. The zero-order chi connectivity index (χ0) is 17.4. The fourth-order valence-electron chi connectivity index (χ4n) is 3.41. The van der Waals surface area contributed by atoms with Gasteiger partial charge in [0.25, 0.3) is 11.8 Å². The predicted octanol–water partition coefficient (Wildman–Crippen LogP) is 1.37. The average Bonchev–Trinajstić information content (AvgIpc) is 3.20. The first-order valence-electron chi connectivity index (χ1n) is 8.39. The van der Waals surface area contributed by atoms with Gasteiger partial charge in [-0.15, -0.1) is 0 Å². The number of aromatic nitrogens is 2. The van der Waals surface area contributed by atoms with Crippen molar-refractivity contribution in [1.82, 2.24) is 19.8 Å². The third-order valence-corrected chi connectivity index (χ3v) is 4.78. The van der Waals surface area contributed by atoms with Crippen molar-refractivity contribution in [1.29, 1.82) is 0 Å². The lowest BCUT2D eigenvalue weighted by Crippen LogP contribution is -2.37. The highest BCUT2D eigenvalue weighted by molar-refractivity contribution is 6.21. The van der Waals surface area contributed by atoms with E-state index in [1.54, 1.807) is 35.5 Å². The van der Waals surface area contributed by atoms with E-state index in [0.717, 1.165) is 17.8 Å². The Morgan fingerprint density at radius 2 is 1.88 bits per heavy atom. The molecule has 128 valence electrons. The highest BCUT2D eigenvalue weighted by Crippen LogP contribution is 2.23. The number of imidazole rings is 1. The number of nitrogens with zero attached hydrogens (tertiary/aromatic N) is 3. The van der Waals surface area contributed by atoms with E-state index in [9.17, 15) is 14.4 Å². The van der Waals surface area contributed by atoms with Crippen LogP contribution >= 0.6 is 0 Å². The molecule has 0 bridgehead atoms. The van der Waals surface area contributed by atoms with E-state index in [2.05, 4.69) is 9.97 Å². The van der Waals surface area contributed by atoms with Gasteiger partial charge in [0.1, 0.15) is 0 Å². The van der Waals surface area contributed by atoms with Gasteiger partial charge >= 0.3 is 0 Å². The number of benzene rings is 1. The number of nitrogens with one attached hydrogen (secondary N) is 1. The number of hydrogen-bond donors (Lipinski definition) is 1. The van der Waals surface area contributed by atoms with Crippen molar-refractivity contribution < 1.29 is 14.4 Å². The molecule has 0 atom stereocenters. The molecule has 1 aromatic carbocycles. The Morgan fingerprint density at radius 1 is 1.16 bits per heavy atom. The van der Waals surface area contributed by atoms with Crippen LogP contribution in [0, 0.1) is 0 Å². The second kappa shape index (κ2) is 6.16. The SMILES string of the molecule is O=C(CCCN1C(=O)c2ccccc2C1=O)N1CCc2nc[nH]c2C1. The third kappa shape index (κ3) is 2.71. The van der Waals surface area contributed by atoms with Crippen LogP contribution in [-0.4, -0.2) is 50.6 Å². The van der Waals surface area contributed by atoms with Crippen LogP contribution in [0.3, 0.4) is 0 Å². The summed E-state index contributed by atoms with van der Waals surface area (Å²) in [5.74, 6) is -0.502. The van der Waals surface area contributed by atoms with Gasteiger partial charge in [0.05, 0.1) is 35.4 Å². The first-order chi connectivity index (χ1) is 12.1. The maximum atomic E-state index is 12.4. The highest BCUT2D eigenvalue weighted by atomic mass is 16.2. The Kier molecular flexibility index (Phi) is 3.83. The van der Waals surface area contributed by atoms with Crippen molar-refractivity contribution >= 4 is 17.7 Å². The molecule has 0 spiro atoms. The van der Waals surface area contributed by atoms with Crippen molar-refractivity contribution in [2.75, 3.05) is 13.1 Å². The highest BCUT2D eigenvalue weighted by Gasteiger charge is 2.34. The Bertz CT molecular complexity index is 823. The molecular formula is C18H18N4O3. The molecule has 4 rings (SSSR count). The van der Waals surface area contributed by atoms with Crippen LogP contribution in [0.2, 0.25) is 0 Å². The number of fused-ring (bicyclic) bond motifs is 2. The van der Waals surface area contributed by atoms with Crippen LogP contribution < -0.4 is 0 Å². The first-order valence-corrected chi connectivity index (χ1v) is 8.39. The van der Waals surface area contributed by atoms with Crippen LogP contribution in [0.4, 0.5) is 0 Å². The number of carbonyl (C=O) groups is 3. The lowest BCUT2D eigenvalue weighted by molar-refractivity contribution is -0.132. The van der Waals surface area contributed by atoms with E-state index >= 15 is 0 Å². The van der Waals surface area contributed by atoms with Gasteiger partial charge in [0.15, 0.2) is 0 Å². The summed E-state index contributed by atoms with van der Waals surface area (Å²) in [5, 5.41) is 0. The third-order valence-electron chi connectivity index (χ3n) is 4.78. The summed E-state index contributed by atoms with van der Waals surface area (Å²) >= 11 is 0. The Morgan fingerprint density at radius 3 is 2.60 bits per heavy atom. The second-order valence-corrected chi connectivity index (χ2v) is 6.30. The smallest absolute Gasteiger partial charge is 0.261 e. The molecule has 2 aliphatic heterocycles. The molecule has 7 nitrogen and oxygen atoms in total.